The van der Waals surface area contributed by atoms with Crippen LogP contribution in [0.3, 0.4) is 0 Å². The molecule has 0 radical (unpaired) electrons. The number of halogens is 1. The smallest absolute Gasteiger partial charge is 0.327 e. The van der Waals surface area contributed by atoms with Gasteiger partial charge < -0.3 is 9.47 Å². The zero-order chi connectivity index (χ0) is 14.5. The first-order chi connectivity index (χ1) is 9.65. The Morgan fingerprint density at radius 2 is 1.85 bits per heavy atom. The highest BCUT2D eigenvalue weighted by molar-refractivity contribution is 9.10. The summed E-state index contributed by atoms with van der Waals surface area (Å²) in [5, 5.41) is 0. The highest BCUT2D eigenvalue weighted by Gasteiger charge is 2.31. The first-order valence-electron chi connectivity index (χ1n) is 6.76. The number of methoxy groups -OCH3 is 2. The quantitative estimate of drug-likeness (QED) is 0.789. The molecule has 0 spiro atoms. The normalized spacial score (nSPS) is 18.8. The van der Waals surface area contributed by atoms with E-state index in [4.69, 9.17) is 9.47 Å². The van der Waals surface area contributed by atoms with Crippen molar-refractivity contribution in [2.75, 3.05) is 27.3 Å². The van der Waals surface area contributed by atoms with E-state index in [-0.39, 0.29) is 12.0 Å². The number of nitrogens with zero attached hydrogens (tertiary/aromatic N) is 1. The second-order valence-corrected chi connectivity index (χ2v) is 5.86. The first-order valence-corrected chi connectivity index (χ1v) is 7.55. The zero-order valence-electron chi connectivity index (χ0n) is 11.8. The van der Waals surface area contributed by atoms with Crippen LogP contribution in [0.25, 0.3) is 0 Å². The van der Waals surface area contributed by atoms with Crippen LogP contribution in [-0.4, -0.2) is 44.3 Å². The number of carbonyl (C=O) groups is 1. The van der Waals surface area contributed by atoms with Gasteiger partial charge in [-0.05, 0) is 30.5 Å². The van der Waals surface area contributed by atoms with Crippen molar-refractivity contribution < 1.29 is 14.3 Å². The Morgan fingerprint density at radius 3 is 2.35 bits per heavy atom. The molecule has 5 heteroatoms. The van der Waals surface area contributed by atoms with Crippen molar-refractivity contribution in [1.82, 2.24) is 4.90 Å². The number of hydrogen-bond acceptors (Lipinski definition) is 4. The van der Waals surface area contributed by atoms with Gasteiger partial charge in [0.15, 0.2) is 0 Å². The van der Waals surface area contributed by atoms with Crippen LogP contribution in [0.15, 0.2) is 28.7 Å². The Kier molecular flexibility index (Phi) is 5.57. The molecule has 0 amide bonds. The first kappa shape index (κ1) is 15.5. The summed E-state index contributed by atoms with van der Waals surface area (Å²) >= 11 is 3.42. The van der Waals surface area contributed by atoms with Crippen LogP contribution in [0.1, 0.15) is 24.4 Å². The lowest BCUT2D eigenvalue weighted by Gasteiger charge is -2.35. The van der Waals surface area contributed by atoms with Gasteiger partial charge in [0.05, 0.1) is 13.2 Å². The van der Waals surface area contributed by atoms with Crippen LogP contribution in [-0.2, 0) is 14.3 Å². The van der Waals surface area contributed by atoms with E-state index in [2.05, 4.69) is 20.8 Å². The molecule has 2 rings (SSSR count). The highest BCUT2D eigenvalue weighted by atomic mass is 79.9. The maximum Gasteiger partial charge on any atom is 0.327 e. The molecular weight excluding hydrogens is 322 g/mol. The molecule has 0 aliphatic carbocycles. The van der Waals surface area contributed by atoms with Crippen LogP contribution in [0.2, 0.25) is 0 Å². The van der Waals surface area contributed by atoms with Gasteiger partial charge in [-0.1, -0.05) is 28.1 Å². The Balaban J connectivity index is 2.16. The standard InChI is InChI=1S/C15H20BrNO3/c1-19-13-7-9-17(10-8-13)14(15(18)20-2)11-3-5-12(16)6-4-11/h3-6,13-14H,7-10H2,1-2H3. The molecule has 110 valence electrons. The van der Waals surface area contributed by atoms with Crippen molar-refractivity contribution in [2.24, 2.45) is 0 Å². The molecule has 1 unspecified atom stereocenters. The number of ether oxygens (including phenoxy) is 2. The molecule has 0 aromatic heterocycles. The van der Waals surface area contributed by atoms with E-state index >= 15 is 0 Å². The maximum atomic E-state index is 12.1. The minimum Gasteiger partial charge on any atom is -0.468 e. The molecule has 0 saturated carbocycles. The molecule has 4 nitrogen and oxygen atoms in total. The minimum atomic E-state index is -0.328. The lowest BCUT2D eigenvalue weighted by atomic mass is 10.0. The predicted octanol–water partition coefficient (Wildman–Crippen LogP) is 2.77. The zero-order valence-corrected chi connectivity index (χ0v) is 13.4. The van der Waals surface area contributed by atoms with Crippen LogP contribution < -0.4 is 0 Å². The Morgan fingerprint density at radius 1 is 1.25 bits per heavy atom. The SMILES string of the molecule is COC(=O)C(c1ccc(Br)cc1)N1CCC(OC)CC1. The fourth-order valence-corrected chi connectivity index (χ4v) is 2.89. The van der Waals surface area contributed by atoms with Gasteiger partial charge in [-0.2, -0.15) is 0 Å². The second-order valence-electron chi connectivity index (χ2n) is 4.95. The van der Waals surface area contributed by atoms with Gasteiger partial charge in [0.2, 0.25) is 0 Å². The lowest BCUT2D eigenvalue weighted by Crippen LogP contribution is -2.42. The third-order valence-corrected chi connectivity index (χ3v) is 4.31. The number of benzene rings is 1. The lowest BCUT2D eigenvalue weighted by molar-refractivity contribution is -0.148. The van der Waals surface area contributed by atoms with Crippen molar-refractivity contribution in [3.8, 4) is 0 Å². The van der Waals surface area contributed by atoms with Gasteiger partial charge in [0.1, 0.15) is 6.04 Å². The Labute approximate surface area is 128 Å². The van der Waals surface area contributed by atoms with Crippen molar-refractivity contribution in [1.29, 1.82) is 0 Å². The van der Waals surface area contributed by atoms with Crippen molar-refractivity contribution in [3.63, 3.8) is 0 Å². The molecule has 0 N–H and O–H groups in total. The summed E-state index contributed by atoms with van der Waals surface area (Å²) in [5.41, 5.74) is 0.968. The monoisotopic (exact) mass is 341 g/mol. The van der Waals surface area contributed by atoms with Crippen molar-refractivity contribution >= 4 is 21.9 Å². The average molecular weight is 342 g/mol. The number of piperidine rings is 1. The summed E-state index contributed by atoms with van der Waals surface area (Å²) in [6.07, 6.45) is 2.19. The topological polar surface area (TPSA) is 38.8 Å². The molecule has 1 fully saturated rings. The van der Waals surface area contributed by atoms with Gasteiger partial charge >= 0.3 is 5.97 Å². The van der Waals surface area contributed by atoms with E-state index in [1.165, 1.54) is 7.11 Å². The summed E-state index contributed by atoms with van der Waals surface area (Å²) in [4.78, 5) is 14.3. The third kappa shape index (κ3) is 3.59. The Bertz CT molecular complexity index is 441. The average Bonchev–Trinajstić information content (AvgIpc) is 2.50. The molecule has 1 heterocycles. The van der Waals surface area contributed by atoms with E-state index in [1.807, 2.05) is 24.3 Å². The van der Waals surface area contributed by atoms with Crippen molar-refractivity contribution in [3.05, 3.63) is 34.3 Å². The van der Waals surface area contributed by atoms with Crippen LogP contribution >= 0.6 is 15.9 Å². The van der Waals surface area contributed by atoms with Crippen LogP contribution in [0.5, 0.6) is 0 Å². The van der Waals surface area contributed by atoms with Gasteiger partial charge in [-0.3, -0.25) is 4.90 Å². The van der Waals surface area contributed by atoms with Gasteiger partial charge in [-0.15, -0.1) is 0 Å². The molecule has 1 aromatic rings. The van der Waals surface area contributed by atoms with E-state index in [0.29, 0.717) is 6.10 Å². The predicted molar refractivity (Wildman–Crippen MR) is 80.5 cm³/mol. The third-order valence-electron chi connectivity index (χ3n) is 3.79. The summed E-state index contributed by atoms with van der Waals surface area (Å²) in [6, 6.07) is 7.51. The van der Waals surface area contributed by atoms with Crippen molar-refractivity contribution in [2.45, 2.75) is 25.0 Å². The number of hydrogen-bond donors (Lipinski definition) is 0. The van der Waals surface area contributed by atoms with E-state index in [9.17, 15) is 4.79 Å². The van der Waals surface area contributed by atoms with E-state index in [1.54, 1.807) is 7.11 Å². The van der Waals surface area contributed by atoms with Crippen LogP contribution in [0.4, 0.5) is 0 Å². The molecule has 1 saturated heterocycles. The number of esters is 1. The second kappa shape index (κ2) is 7.20. The molecule has 0 bridgehead atoms. The number of likely N-dealkylation sites (tertiary alicyclic amines) is 1. The summed E-state index contributed by atoms with van der Waals surface area (Å²) in [5.74, 6) is -0.205. The van der Waals surface area contributed by atoms with Gasteiger partial charge in [0.25, 0.3) is 0 Å². The molecule has 1 atom stereocenters. The van der Waals surface area contributed by atoms with E-state index < -0.39 is 0 Å². The fraction of sp³-hybridized carbons (Fsp3) is 0.533. The molecular formula is C15H20BrNO3. The highest BCUT2D eigenvalue weighted by Crippen LogP contribution is 2.27. The maximum absolute atomic E-state index is 12.1. The van der Waals surface area contributed by atoms with Gasteiger partial charge in [-0.25, -0.2) is 4.79 Å². The summed E-state index contributed by atoms with van der Waals surface area (Å²) in [6.45, 7) is 1.68. The molecule has 1 aliphatic rings. The summed E-state index contributed by atoms with van der Waals surface area (Å²) < 4.78 is 11.4. The summed E-state index contributed by atoms with van der Waals surface area (Å²) in [7, 11) is 3.18. The number of carbonyl (C=O) groups excluding carboxylic acids is 1. The molecule has 1 aromatic carbocycles. The molecule has 1 aliphatic heterocycles. The largest absolute Gasteiger partial charge is 0.468 e. The Hall–Kier alpha value is -0.910. The van der Waals surface area contributed by atoms with Crippen LogP contribution in [0, 0.1) is 0 Å². The minimum absolute atomic E-state index is 0.205. The van der Waals surface area contributed by atoms with E-state index in [0.717, 1.165) is 36.0 Å². The number of rotatable bonds is 4. The fourth-order valence-electron chi connectivity index (χ4n) is 2.62. The molecule has 20 heavy (non-hydrogen) atoms. The van der Waals surface area contributed by atoms with Gasteiger partial charge in [0, 0.05) is 24.7 Å².